The number of rotatable bonds is 34. The molecule has 1 saturated carbocycles. The van der Waals surface area contributed by atoms with Gasteiger partial charge in [0.2, 0.25) is 0 Å². The van der Waals surface area contributed by atoms with Gasteiger partial charge in [-0.1, -0.05) is 42.5 Å². The van der Waals surface area contributed by atoms with Gasteiger partial charge < -0.3 is 52.8 Å². The second kappa shape index (κ2) is 31.8. The number of carbonyl (C=O) groups excluding carboxylic acids is 2. The Kier molecular flexibility index (Phi) is 28.1. The van der Waals surface area contributed by atoms with Gasteiger partial charge in [0.25, 0.3) is 0 Å². The molecule has 0 unspecified atom stereocenters. The van der Waals surface area contributed by atoms with Crippen LogP contribution < -0.4 is 0 Å². The minimum atomic E-state index is -0.582. The van der Waals surface area contributed by atoms with E-state index < -0.39 is 12.2 Å². The van der Waals surface area contributed by atoms with Crippen LogP contribution >= 0.6 is 0 Å². The Labute approximate surface area is 316 Å². The highest BCUT2D eigenvalue weighted by Gasteiger charge is 2.43. The topological polar surface area (TPSA) is 158 Å². The van der Waals surface area contributed by atoms with Crippen molar-refractivity contribution in [1.29, 1.82) is 0 Å². The van der Waals surface area contributed by atoms with Gasteiger partial charge in [-0.3, -0.25) is 9.59 Å². The van der Waals surface area contributed by atoms with E-state index in [4.69, 9.17) is 42.6 Å². The molecule has 0 amide bonds. The van der Waals surface area contributed by atoms with Gasteiger partial charge in [-0.2, -0.15) is 0 Å². The molecule has 0 aromatic heterocycles. The van der Waals surface area contributed by atoms with E-state index in [-0.39, 0.29) is 36.5 Å². The molecule has 1 aliphatic carbocycles. The van der Waals surface area contributed by atoms with Crippen molar-refractivity contribution in [2.45, 2.75) is 83.0 Å². The van der Waals surface area contributed by atoms with Crippen LogP contribution in [0.3, 0.4) is 0 Å². The fourth-order valence-corrected chi connectivity index (χ4v) is 6.10. The second-order valence-corrected chi connectivity index (χ2v) is 13.0. The number of ether oxygens (including phenoxy) is 9. The van der Waals surface area contributed by atoms with Crippen LogP contribution in [0.2, 0.25) is 0 Å². The number of methoxy groups -OCH3 is 1. The average molecular weight is 755 g/mol. The van der Waals surface area contributed by atoms with Gasteiger partial charge in [0.05, 0.1) is 98.1 Å². The fourth-order valence-electron chi connectivity index (χ4n) is 6.10. The van der Waals surface area contributed by atoms with Crippen molar-refractivity contribution >= 4 is 11.9 Å². The summed E-state index contributed by atoms with van der Waals surface area (Å²) in [6, 6.07) is 10.1. The summed E-state index contributed by atoms with van der Waals surface area (Å²) in [6.07, 6.45) is 8.10. The van der Waals surface area contributed by atoms with Crippen molar-refractivity contribution in [2.24, 2.45) is 11.8 Å². The zero-order chi connectivity index (χ0) is 38.2. The summed E-state index contributed by atoms with van der Waals surface area (Å²) in [7, 11) is 1.64. The molecule has 0 saturated heterocycles. The van der Waals surface area contributed by atoms with Crippen LogP contribution in [0, 0.1) is 11.8 Å². The molecular formula is C40H66O13. The average Bonchev–Trinajstić information content (AvgIpc) is 3.44. The Morgan fingerprint density at radius 1 is 0.755 bits per heavy atom. The summed E-state index contributed by atoms with van der Waals surface area (Å²) in [5.41, 5.74) is 1.19. The lowest BCUT2D eigenvalue weighted by Crippen LogP contribution is -2.26. The fraction of sp³-hybridized carbons (Fsp3) is 0.750. The quantitative estimate of drug-likeness (QED) is 0.0590. The van der Waals surface area contributed by atoms with Crippen LogP contribution in [0.4, 0.5) is 0 Å². The molecule has 1 aromatic carbocycles. The molecule has 0 bridgehead atoms. The Balaban J connectivity index is 1.44. The molecule has 53 heavy (non-hydrogen) atoms. The number of esters is 2. The lowest BCUT2D eigenvalue weighted by atomic mass is 9.85. The van der Waals surface area contributed by atoms with Crippen molar-refractivity contribution in [2.75, 3.05) is 99.6 Å². The zero-order valence-electron chi connectivity index (χ0n) is 32.1. The SMILES string of the molecule is COCCOCCOCCOCCOCCOCCOCCOC(=O)CCC/C=C\C[C@@H]1[C@@H](CC[C@@H](O)CCc2ccccc2)[C@H](O)C[C@@H]1OC(C)=O. The third-order valence-corrected chi connectivity index (χ3v) is 8.86. The molecule has 0 heterocycles. The summed E-state index contributed by atoms with van der Waals surface area (Å²) in [4.78, 5) is 23.9. The Morgan fingerprint density at radius 2 is 1.30 bits per heavy atom. The monoisotopic (exact) mass is 754 g/mol. The van der Waals surface area contributed by atoms with E-state index in [0.29, 0.717) is 137 Å². The molecule has 13 nitrogen and oxygen atoms in total. The van der Waals surface area contributed by atoms with Crippen LogP contribution in [0.5, 0.6) is 0 Å². The number of aliphatic hydroxyl groups is 2. The van der Waals surface area contributed by atoms with Crippen LogP contribution in [0.1, 0.15) is 63.9 Å². The number of carbonyl (C=O) groups is 2. The first kappa shape index (κ1) is 46.7. The van der Waals surface area contributed by atoms with Gasteiger partial charge in [-0.15, -0.1) is 0 Å². The second-order valence-electron chi connectivity index (χ2n) is 13.0. The maximum Gasteiger partial charge on any atom is 0.305 e. The predicted molar refractivity (Wildman–Crippen MR) is 199 cm³/mol. The molecule has 0 spiro atoms. The highest BCUT2D eigenvalue weighted by atomic mass is 16.6. The molecule has 1 fully saturated rings. The number of benzene rings is 1. The van der Waals surface area contributed by atoms with Crippen molar-refractivity contribution in [3.8, 4) is 0 Å². The van der Waals surface area contributed by atoms with Gasteiger partial charge >= 0.3 is 11.9 Å². The number of allylic oxidation sites excluding steroid dienone is 2. The zero-order valence-corrected chi connectivity index (χ0v) is 32.1. The minimum absolute atomic E-state index is 0.0276. The van der Waals surface area contributed by atoms with Gasteiger partial charge in [0, 0.05) is 32.8 Å². The predicted octanol–water partition coefficient (Wildman–Crippen LogP) is 4.09. The maximum absolute atomic E-state index is 12.1. The minimum Gasteiger partial charge on any atom is -0.463 e. The van der Waals surface area contributed by atoms with Crippen molar-refractivity contribution in [3.05, 3.63) is 48.0 Å². The van der Waals surface area contributed by atoms with Crippen LogP contribution in [-0.2, 0) is 58.6 Å². The van der Waals surface area contributed by atoms with Gasteiger partial charge in [-0.05, 0) is 56.4 Å². The lowest BCUT2D eigenvalue weighted by molar-refractivity contribution is -0.148. The molecule has 2 N–H and O–H groups in total. The highest BCUT2D eigenvalue weighted by Crippen LogP contribution is 2.40. The third-order valence-electron chi connectivity index (χ3n) is 8.86. The molecule has 13 heteroatoms. The number of aryl methyl sites for hydroxylation is 1. The third kappa shape index (κ3) is 24.5. The lowest BCUT2D eigenvalue weighted by Gasteiger charge is -2.25. The molecule has 1 aliphatic rings. The van der Waals surface area contributed by atoms with Gasteiger partial charge in [0.1, 0.15) is 12.7 Å². The Bertz CT molecular complexity index is 1060. The summed E-state index contributed by atoms with van der Waals surface area (Å²) in [5.74, 6) is -0.717. The van der Waals surface area contributed by atoms with E-state index in [9.17, 15) is 19.8 Å². The molecule has 1 aromatic rings. The van der Waals surface area contributed by atoms with Gasteiger partial charge in [0.15, 0.2) is 0 Å². The van der Waals surface area contributed by atoms with Crippen LogP contribution in [0.15, 0.2) is 42.5 Å². The molecular weight excluding hydrogens is 688 g/mol. The van der Waals surface area contributed by atoms with E-state index in [0.717, 1.165) is 6.42 Å². The van der Waals surface area contributed by atoms with Gasteiger partial charge in [-0.25, -0.2) is 0 Å². The first-order valence-corrected chi connectivity index (χ1v) is 19.2. The van der Waals surface area contributed by atoms with Crippen molar-refractivity contribution < 1.29 is 62.4 Å². The Morgan fingerprint density at radius 3 is 1.85 bits per heavy atom. The molecule has 0 radical (unpaired) electrons. The van der Waals surface area contributed by atoms with E-state index >= 15 is 0 Å². The van der Waals surface area contributed by atoms with E-state index in [1.54, 1.807) is 7.11 Å². The smallest absolute Gasteiger partial charge is 0.305 e. The molecule has 0 aliphatic heterocycles. The van der Waals surface area contributed by atoms with E-state index in [1.165, 1.54) is 12.5 Å². The maximum atomic E-state index is 12.1. The summed E-state index contributed by atoms with van der Waals surface area (Å²) < 4.78 is 48.3. The number of aliphatic hydroxyl groups excluding tert-OH is 2. The standard InChI is InChI=1S/C40H66O13/c1-33(41)53-39-32-38(43)36(17-16-35(42)15-14-34-10-6-5-7-11-34)37(39)12-8-3-4-9-13-40(44)52-31-30-51-29-28-50-27-26-49-25-24-48-23-22-47-21-20-46-19-18-45-2/h3,5-8,10-11,35-39,42-43H,4,9,12-32H2,1-2H3/b8-3-/t35-,36+,37+,38+,39-/m0/s1. The highest BCUT2D eigenvalue weighted by molar-refractivity contribution is 5.69. The molecule has 5 atom stereocenters. The first-order chi connectivity index (χ1) is 25.9. The van der Waals surface area contributed by atoms with Crippen molar-refractivity contribution in [1.82, 2.24) is 0 Å². The van der Waals surface area contributed by atoms with E-state index in [1.807, 2.05) is 30.4 Å². The number of hydrogen-bond donors (Lipinski definition) is 2. The largest absolute Gasteiger partial charge is 0.463 e. The first-order valence-electron chi connectivity index (χ1n) is 19.2. The summed E-state index contributed by atoms with van der Waals surface area (Å²) in [5, 5.41) is 21.4. The van der Waals surface area contributed by atoms with Crippen LogP contribution in [0.25, 0.3) is 0 Å². The van der Waals surface area contributed by atoms with Crippen molar-refractivity contribution in [3.63, 3.8) is 0 Å². The van der Waals surface area contributed by atoms with E-state index in [2.05, 4.69) is 12.1 Å². The number of unbranched alkanes of at least 4 members (excludes halogenated alkanes) is 1. The molecule has 2 rings (SSSR count). The number of hydrogen-bond acceptors (Lipinski definition) is 13. The molecule has 304 valence electrons. The summed E-state index contributed by atoms with van der Waals surface area (Å²) >= 11 is 0. The normalized spacial score (nSPS) is 19.2. The summed E-state index contributed by atoms with van der Waals surface area (Å²) in [6.45, 7) is 7.81. The Hall–Kier alpha value is -2.46. The van der Waals surface area contributed by atoms with Crippen LogP contribution in [-0.4, -0.2) is 140 Å².